The summed E-state index contributed by atoms with van der Waals surface area (Å²) in [6.45, 7) is 0. The van der Waals surface area contributed by atoms with E-state index in [-0.39, 0.29) is 0 Å². The summed E-state index contributed by atoms with van der Waals surface area (Å²) in [5.41, 5.74) is 2.88. The third-order valence-electron chi connectivity index (χ3n) is 2.62. The molecule has 1 heterocycles. The van der Waals surface area contributed by atoms with Crippen LogP contribution in [-0.4, -0.2) is 7.85 Å². The molecule has 2 radical (unpaired) electrons. The fourth-order valence-electron chi connectivity index (χ4n) is 1.86. The van der Waals surface area contributed by atoms with Gasteiger partial charge < -0.3 is 4.42 Å². The van der Waals surface area contributed by atoms with E-state index in [9.17, 15) is 0 Å². The highest BCUT2D eigenvalue weighted by atomic mass is 16.3. The van der Waals surface area contributed by atoms with Crippen molar-refractivity contribution in [3.05, 3.63) is 42.0 Å². The highest BCUT2D eigenvalue weighted by Gasteiger charge is 2.07. The SMILES string of the molecule is [B]c1ccc2oc3ccc(C#N)cc3c2c1. The molecule has 16 heavy (non-hydrogen) atoms. The van der Waals surface area contributed by atoms with E-state index in [0.717, 1.165) is 21.9 Å². The molecule has 0 unspecified atom stereocenters. The number of benzene rings is 2. The molecular weight excluding hydrogens is 197 g/mol. The summed E-state index contributed by atoms with van der Waals surface area (Å²) in [5.74, 6) is 0. The fourth-order valence-corrected chi connectivity index (χ4v) is 1.86. The molecule has 2 nitrogen and oxygen atoms in total. The normalized spacial score (nSPS) is 10.7. The molecule has 1 aromatic heterocycles. The van der Waals surface area contributed by atoms with Crippen molar-refractivity contribution in [1.29, 1.82) is 5.26 Å². The topological polar surface area (TPSA) is 36.9 Å². The van der Waals surface area contributed by atoms with Gasteiger partial charge in [0.05, 0.1) is 11.6 Å². The number of rotatable bonds is 0. The molecule has 3 heteroatoms. The van der Waals surface area contributed by atoms with Crippen LogP contribution in [0.2, 0.25) is 0 Å². The Morgan fingerprint density at radius 1 is 1.00 bits per heavy atom. The molecule has 72 valence electrons. The van der Waals surface area contributed by atoms with Crippen molar-refractivity contribution < 1.29 is 4.42 Å². The molecule has 0 saturated carbocycles. The van der Waals surface area contributed by atoms with Gasteiger partial charge >= 0.3 is 0 Å². The molecule has 2 aromatic carbocycles. The average Bonchev–Trinajstić information content (AvgIpc) is 2.66. The molecule has 0 aliphatic rings. The Labute approximate surface area is 93.5 Å². The summed E-state index contributed by atoms with van der Waals surface area (Å²) in [7, 11) is 5.74. The Morgan fingerprint density at radius 3 is 2.44 bits per heavy atom. The monoisotopic (exact) mass is 203 g/mol. The van der Waals surface area contributed by atoms with E-state index in [4.69, 9.17) is 17.5 Å². The Morgan fingerprint density at radius 2 is 1.69 bits per heavy atom. The number of nitrogens with zero attached hydrogens (tertiary/aromatic N) is 1. The smallest absolute Gasteiger partial charge is 0.135 e. The van der Waals surface area contributed by atoms with Crippen molar-refractivity contribution in [2.24, 2.45) is 0 Å². The van der Waals surface area contributed by atoms with Crippen molar-refractivity contribution in [1.82, 2.24) is 0 Å². The van der Waals surface area contributed by atoms with E-state index in [1.54, 1.807) is 12.1 Å². The molecule has 0 aliphatic carbocycles. The maximum absolute atomic E-state index is 8.86. The van der Waals surface area contributed by atoms with Crippen LogP contribution < -0.4 is 5.46 Å². The van der Waals surface area contributed by atoms with Crippen LogP contribution in [0.25, 0.3) is 21.9 Å². The molecule has 3 rings (SSSR count). The lowest BCUT2D eigenvalue weighted by molar-refractivity contribution is 0.669. The third kappa shape index (κ3) is 1.20. The predicted molar refractivity (Wildman–Crippen MR) is 63.8 cm³/mol. The average molecular weight is 203 g/mol. The first kappa shape index (κ1) is 9.05. The maximum atomic E-state index is 8.86. The van der Waals surface area contributed by atoms with Gasteiger partial charge in [-0.1, -0.05) is 17.6 Å². The molecule has 0 bridgehead atoms. The summed E-state index contributed by atoms with van der Waals surface area (Å²) in [4.78, 5) is 0. The standard InChI is InChI=1S/C13H6BNO/c14-9-2-4-13-11(6-9)10-5-8(7-15)1-3-12(10)16-13/h1-6H. The predicted octanol–water partition coefficient (Wildman–Crippen LogP) is 2.25. The number of fused-ring (bicyclic) bond motifs is 3. The first-order valence-electron chi connectivity index (χ1n) is 4.90. The van der Waals surface area contributed by atoms with Gasteiger partial charge in [-0.15, -0.1) is 0 Å². The molecule has 0 N–H and O–H groups in total. The highest BCUT2D eigenvalue weighted by Crippen LogP contribution is 2.28. The first-order valence-corrected chi connectivity index (χ1v) is 4.90. The second-order valence-electron chi connectivity index (χ2n) is 3.68. The van der Waals surface area contributed by atoms with Crippen molar-refractivity contribution in [3.8, 4) is 6.07 Å². The van der Waals surface area contributed by atoms with Crippen LogP contribution in [0.15, 0.2) is 40.8 Å². The van der Waals surface area contributed by atoms with E-state index >= 15 is 0 Å². The first-order chi connectivity index (χ1) is 7.78. The molecule has 0 saturated heterocycles. The highest BCUT2D eigenvalue weighted by molar-refractivity contribution is 6.33. The Balaban J connectivity index is 2.50. The quantitative estimate of drug-likeness (QED) is 0.525. The number of furan rings is 1. The lowest BCUT2D eigenvalue weighted by Crippen LogP contribution is -1.98. The van der Waals surface area contributed by atoms with Gasteiger partial charge in [-0.3, -0.25) is 0 Å². The zero-order valence-corrected chi connectivity index (χ0v) is 8.40. The Bertz CT molecular complexity index is 737. The summed E-state index contributed by atoms with van der Waals surface area (Å²) in [6.07, 6.45) is 0. The Kier molecular flexibility index (Phi) is 1.78. The van der Waals surface area contributed by atoms with Crippen molar-refractivity contribution >= 4 is 35.2 Å². The van der Waals surface area contributed by atoms with Gasteiger partial charge in [0.2, 0.25) is 0 Å². The van der Waals surface area contributed by atoms with Crippen LogP contribution in [0.1, 0.15) is 5.56 Å². The second kappa shape index (κ2) is 3.14. The fraction of sp³-hybridized carbons (Fsp3) is 0. The minimum atomic E-state index is 0.623. The van der Waals surface area contributed by atoms with E-state index in [1.165, 1.54) is 0 Å². The summed E-state index contributed by atoms with van der Waals surface area (Å²) in [6, 6.07) is 13.0. The van der Waals surface area contributed by atoms with Crippen molar-refractivity contribution in [2.75, 3.05) is 0 Å². The molecule has 0 aliphatic heterocycles. The van der Waals surface area contributed by atoms with Gasteiger partial charge in [0.1, 0.15) is 19.0 Å². The van der Waals surface area contributed by atoms with Gasteiger partial charge in [0.15, 0.2) is 0 Å². The lowest BCUT2D eigenvalue weighted by atomic mass is 9.94. The van der Waals surface area contributed by atoms with Crippen LogP contribution in [0.3, 0.4) is 0 Å². The van der Waals surface area contributed by atoms with Gasteiger partial charge in [0, 0.05) is 10.8 Å². The minimum Gasteiger partial charge on any atom is -0.456 e. The van der Waals surface area contributed by atoms with Gasteiger partial charge in [-0.2, -0.15) is 5.26 Å². The second-order valence-corrected chi connectivity index (χ2v) is 3.68. The summed E-state index contributed by atoms with van der Waals surface area (Å²) >= 11 is 0. The number of nitriles is 1. The third-order valence-corrected chi connectivity index (χ3v) is 2.62. The minimum absolute atomic E-state index is 0.623. The largest absolute Gasteiger partial charge is 0.456 e. The molecule has 0 spiro atoms. The number of hydrogen-bond donors (Lipinski definition) is 0. The van der Waals surface area contributed by atoms with E-state index < -0.39 is 0 Å². The van der Waals surface area contributed by atoms with Gasteiger partial charge in [0.25, 0.3) is 0 Å². The maximum Gasteiger partial charge on any atom is 0.135 e. The van der Waals surface area contributed by atoms with E-state index in [1.807, 2.05) is 24.3 Å². The zero-order chi connectivity index (χ0) is 11.1. The van der Waals surface area contributed by atoms with Crippen LogP contribution >= 0.6 is 0 Å². The number of hydrogen-bond acceptors (Lipinski definition) is 2. The van der Waals surface area contributed by atoms with Gasteiger partial charge in [-0.25, -0.2) is 0 Å². The lowest BCUT2D eigenvalue weighted by Gasteiger charge is -1.92. The van der Waals surface area contributed by atoms with Crippen LogP contribution in [0, 0.1) is 11.3 Å². The Hall–Kier alpha value is -2.21. The van der Waals surface area contributed by atoms with Gasteiger partial charge in [-0.05, 0) is 24.3 Å². The molecule has 0 amide bonds. The van der Waals surface area contributed by atoms with E-state index in [2.05, 4.69) is 6.07 Å². The molecular formula is C13H6BNO. The summed E-state index contributed by atoms with van der Waals surface area (Å²) in [5, 5.41) is 10.7. The van der Waals surface area contributed by atoms with Crippen molar-refractivity contribution in [2.45, 2.75) is 0 Å². The van der Waals surface area contributed by atoms with Crippen LogP contribution in [-0.2, 0) is 0 Å². The molecule has 0 fully saturated rings. The molecule has 0 atom stereocenters. The van der Waals surface area contributed by atoms with Crippen molar-refractivity contribution in [3.63, 3.8) is 0 Å². The molecule has 3 aromatic rings. The van der Waals surface area contributed by atoms with E-state index in [0.29, 0.717) is 11.0 Å². The summed E-state index contributed by atoms with van der Waals surface area (Å²) < 4.78 is 5.64. The van der Waals surface area contributed by atoms with Crippen LogP contribution in [0.4, 0.5) is 0 Å². The van der Waals surface area contributed by atoms with Crippen LogP contribution in [0.5, 0.6) is 0 Å². The zero-order valence-electron chi connectivity index (χ0n) is 8.40.